The molecule has 1 heterocycles. The van der Waals surface area contributed by atoms with E-state index in [4.69, 9.17) is 10.5 Å². The van der Waals surface area contributed by atoms with E-state index in [9.17, 15) is 4.79 Å². The Morgan fingerprint density at radius 1 is 1.50 bits per heavy atom. The van der Waals surface area contributed by atoms with E-state index in [1.54, 1.807) is 0 Å². The molecule has 1 aliphatic heterocycles. The number of amides is 1. The lowest BCUT2D eigenvalue weighted by Gasteiger charge is -2.32. The number of hydrogen-bond donors (Lipinski definition) is 3. The molecule has 5 heteroatoms. The molecule has 0 aliphatic carbocycles. The molecule has 1 amide bonds. The Hall–Kier alpha value is -1.59. The average Bonchev–Trinajstić information content (AvgIpc) is 2.36. The number of anilines is 1. The number of hydrogen-bond acceptors (Lipinski definition) is 4. The standard InChI is InChI=1S/C13H19N3O2/c1-13(2,15-3)12(14)8-4-5-10-9(6-8)16-11(17)7-18-10/h4-6,12,15H,7,14H2,1-3H3,(H,16,17). The molecule has 1 unspecified atom stereocenters. The quantitative estimate of drug-likeness (QED) is 0.747. The fourth-order valence-corrected chi connectivity index (χ4v) is 1.87. The smallest absolute Gasteiger partial charge is 0.262 e. The number of carbonyl (C=O) groups excluding carboxylic acids is 1. The summed E-state index contributed by atoms with van der Waals surface area (Å²) in [6, 6.07) is 5.47. The normalized spacial score (nSPS) is 16.6. The molecule has 0 saturated heterocycles. The highest BCUT2D eigenvalue weighted by atomic mass is 16.5. The van der Waals surface area contributed by atoms with Gasteiger partial charge in [-0.3, -0.25) is 4.79 Å². The van der Waals surface area contributed by atoms with Crippen LogP contribution in [0.4, 0.5) is 5.69 Å². The molecule has 0 spiro atoms. The molecule has 1 aliphatic rings. The Labute approximate surface area is 107 Å². The number of nitrogens with one attached hydrogen (secondary N) is 2. The lowest BCUT2D eigenvalue weighted by molar-refractivity contribution is -0.118. The fourth-order valence-electron chi connectivity index (χ4n) is 1.87. The van der Waals surface area contributed by atoms with Crippen molar-refractivity contribution >= 4 is 11.6 Å². The lowest BCUT2D eigenvalue weighted by Crippen LogP contribution is -2.46. The summed E-state index contributed by atoms with van der Waals surface area (Å²) < 4.78 is 5.31. The first-order chi connectivity index (χ1) is 8.44. The van der Waals surface area contributed by atoms with E-state index >= 15 is 0 Å². The lowest BCUT2D eigenvalue weighted by atomic mass is 9.89. The first kappa shape index (κ1) is 12.9. The Bertz CT molecular complexity index is 471. The van der Waals surface area contributed by atoms with Gasteiger partial charge in [-0.2, -0.15) is 0 Å². The maximum absolute atomic E-state index is 11.3. The number of likely N-dealkylation sites (N-methyl/N-ethyl adjacent to an activating group) is 1. The van der Waals surface area contributed by atoms with Gasteiger partial charge >= 0.3 is 0 Å². The second-order valence-corrected chi connectivity index (χ2v) is 5.04. The Morgan fingerprint density at radius 3 is 2.89 bits per heavy atom. The zero-order chi connectivity index (χ0) is 13.3. The van der Waals surface area contributed by atoms with Crippen LogP contribution in [0, 0.1) is 0 Å². The van der Waals surface area contributed by atoms with Crippen molar-refractivity contribution in [3.05, 3.63) is 23.8 Å². The van der Waals surface area contributed by atoms with Crippen LogP contribution >= 0.6 is 0 Å². The summed E-state index contributed by atoms with van der Waals surface area (Å²) in [6.07, 6.45) is 0. The van der Waals surface area contributed by atoms with Crippen LogP contribution in [0.3, 0.4) is 0 Å². The van der Waals surface area contributed by atoms with E-state index in [0.29, 0.717) is 11.4 Å². The maximum atomic E-state index is 11.3. The van der Waals surface area contributed by atoms with Crippen LogP contribution in [0.5, 0.6) is 5.75 Å². The highest BCUT2D eigenvalue weighted by Crippen LogP contribution is 2.32. The van der Waals surface area contributed by atoms with Crippen molar-refractivity contribution in [3.63, 3.8) is 0 Å². The minimum absolute atomic E-state index is 0.0699. The highest BCUT2D eigenvalue weighted by molar-refractivity contribution is 5.95. The largest absolute Gasteiger partial charge is 0.482 e. The first-order valence-electron chi connectivity index (χ1n) is 5.95. The predicted octanol–water partition coefficient (Wildman–Crippen LogP) is 1.02. The average molecular weight is 249 g/mol. The van der Waals surface area contributed by atoms with Gasteiger partial charge in [-0.1, -0.05) is 6.07 Å². The predicted molar refractivity (Wildman–Crippen MR) is 70.6 cm³/mol. The third kappa shape index (κ3) is 2.32. The van der Waals surface area contributed by atoms with E-state index in [1.807, 2.05) is 39.1 Å². The Morgan fingerprint density at radius 2 is 2.22 bits per heavy atom. The van der Waals surface area contributed by atoms with E-state index in [2.05, 4.69) is 10.6 Å². The van der Waals surface area contributed by atoms with Crippen molar-refractivity contribution in [2.45, 2.75) is 25.4 Å². The van der Waals surface area contributed by atoms with Crippen molar-refractivity contribution in [1.29, 1.82) is 0 Å². The maximum Gasteiger partial charge on any atom is 0.262 e. The molecule has 1 atom stereocenters. The van der Waals surface area contributed by atoms with Gasteiger partial charge in [0.15, 0.2) is 6.61 Å². The molecule has 1 aromatic rings. The third-order valence-electron chi connectivity index (χ3n) is 3.42. The molecule has 0 aromatic heterocycles. The van der Waals surface area contributed by atoms with Crippen LogP contribution in [0.2, 0.25) is 0 Å². The molecule has 0 fully saturated rings. The van der Waals surface area contributed by atoms with Gasteiger partial charge in [0.2, 0.25) is 0 Å². The molecule has 18 heavy (non-hydrogen) atoms. The third-order valence-corrected chi connectivity index (χ3v) is 3.42. The van der Waals surface area contributed by atoms with Gasteiger partial charge in [0.25, 0.3) is 5.91 Å². The second kappa shape index (κ2) is 4.59. The van der Waals surface area contributed by atoms with Crippen molar-refractivity contribution in [2.75, 3.05) is 19.0 Å². The topological polar surface area (TPSA) is 76.4 Å². The van der Waals surface area contributed by atoms with E-state index in [0.717, 1.165) is 5.56 Å². The number of fused-ring (bicyclic) bond motifs is 1. The van der Waals surface area contributed by atoms with Crippen molar-refractivity contribution < 1.29 is 9.53 Å². The van der Waals surface area contributed by atoms with Gasteiger partial charge in [-0.15, -0.1) is 0 Å². The SMILES string of the molecule is CNC(C)(C)C(N)c1ccc2c(c1)NC(=O)CO2. The fraction of sp³-hybridized carbons (Fsp3) is 0.462. The van der Waals surface area contributed by atoms with Gasteiger partial charge in [0, 0.05) is 11.6 Å². The van der Waals surface area contributed by atoms with Gasteiger partial charge in [-0.05, 0) is 38.6 Å². The van der Waals surface area contributed by atoms with Crippen LogP contribution in [0.1, 0.15) is 25.5 Å². The molecular formula is C13H19N3O2. The molecule has 0 bridgehead atoms. The molecule has 0 saturated carbocycles. The highest BCUT2D eigenvalue weighted by Gasteiger charge is 2.27. The number of benzene rings is 1. The van der Waals surface area contributed by atoms with Crippen LogP contribution in [0.25, 0.3) is 0 Å². The van der Waals surface area contributed by atoms with E-state index < -0.39 is 0 Å². The number of ether oxygens (including phenoxy) is 1. The number of carbonyl (C=O) groups is 1. The van der Waals surface area contributed by atoms with Gasteiger partial charge < -0.3 is 21.1 Å². The summed E-state index contributed by atoms with van der Waals surface area (Å²) in [4.78, 5) is 11.3. The summed E-state index contributed by atoms with van der Waals surface area (Å²) in [7, 11) is 1.88. The minimum atomic E-state index is -0.228. The van der Waals surface area contributed by atoms with E-state index in [-0.39, 0.29) is 24.1 Å². The summed E-state index contributed by atoms with van der Waals surface area (Å²) in [5.41, 5.74) is 7.65. The molecule has 2 rings (SSSR count). The number of nitrogens with two attached hydrogens (primary N) is 1. The zero-order valence-electron chi connectivity index (χ0n) is 10.9. The second-order valence-electron chi connectivity index (χ2n) is 5.04. The van der Waals surface area contributed by atoms with Gasteiger partial charge in [-0.25, -0.2) is 0 Å². The molecule has 4 N–H and O–H groups in total. The summed E-state index contributed by atoms with van der Waals surface area (Å²) >= 11 is 0. The van der Waals surface area contributed by atoms with Crippen molar-refractivity contribution in [3.8, 4) is 5.75 Å². The summed E-state index contributed by atoms with van der Waals surface area (Å²) in [6.45, 7) is 4.14. The van der Waals surface area contributed by atoms with Crippen LogP contribution < -0.4 is 21.1 Å². The van der Waals surface area contributed by atoms with Crippen LogP contribution in [0.15, 0.2) is 18.2 Å². The Kier molecular flexibility index (Phi) is 3.28. The molecule has 0 radical (unpaired) electrons. The van der Waals surface area contributed by atoms with Crippen molar-refractivity contribution in [2.24, 2.45) is 5.73 Å². The molecule has 1 aromatic carbocycles. The van der Waals surface area contributed by atoms with Crippen LogP contribution in [-0.2, 0) is 4.79 Å². The molecule has 5 nitrogen and oxygen atoms in total. The van der Waals surface area contributed by atoms with E-state index in [1.165, 1.54) is 0 Å². The first-order valence-corrected chi connectivity index (χ1v) is 5.95. The molecule has 98 valence electrons. The monoisotopic (exact) mass is 249 g/mol. The van der Waals surface area contributed by atoms with Crippen molar-refractivity contribution in [1.82, 2.24) is 5.32 Å². The zero-order valence-corrected chi connectivity index (χ0v) is 10.9. The Balaban J connectivity index is 2.31. The van der Waals surface area contributed by atoms with Gasteiger partial charge in [0.1, 0.15) is 5.75 Å². The molecular weight excluding hydrogens is 230 g/mol. The number of rotatable bonds is 3. The summed E-state index contributed by atoms with van der Waals surface area (Å²) in [5, 5.41) is 5.97. The summed E-state index contributed by atoms with van der Waals surface area (Å²) in [5.74, 6) is 0.550. The van der Waals surface area contributed by atoms with Gasteiger partial charge in [0.05, 0.1) is 5.69 Å². The van der Waals surface area contributed by atoms with Crippen LogP contribution in [-0.4, -0.2) is 25.1 Å². The minimum Gasteiger partial charge on any atom is -0.482 e.